The number of halogens is 2. The van der Waals surface area contributed by atoms with E-state index in [4.69, 9.17) is 18.9 Å². The van der Waals surface area contributed by atoms with Gasteiger partial charge in [0.15, 0.2) is 0 Å². The number of esters is 3. The summed E-state index contributed by atoms with van der Waals surface area (Å²) in [6, 6.07) is 42.0. The first-order valence-electron chi connectivity index (χ1n) is 20.4. The van der Waals surface area contributed by atoms with Crippen molar-refractivity contribution in [1.82, 2.24) is 0 Å². The van der Waals surface area contributed by atoms with Crippen LogP contribution in [0.25, 0.3) is 22.3 Å². The van der Waals surface area contributed by atoms with Gasteiger partial charge in [0.25, 0.3) is 0 Å². The van der Waals surface area contributed by atoms with Crippen LogP contribution in [0, 0.1) is 11.8 Å². The largest absolute Gasteiger partial charge is 0.487 e. The number of carbonyl (C=O) groups is 3. The summed E-state index contributed by atoms with van der Waals surface area (Å²) in [4.78, 5) is 39.6. The van der Waals surface area contributed by atoms with E-state index in [1.54, 1.807) is 68.4 Å². The summed E-state index contributed by atoms with van der Waals surface area (Å²) in [6.45, 7) is 3.08. The molecule has 1 unspecified atom stereocenters. The summed E-state index contributed by atoms with van der Waals surface area (Å²) >= 11 is 0. The summed E-state index contributed by atoms with van der Waals surface area (Å²) < 4.78 is 55.2. The van der Waals surface area contributed by atoms with Crippen LogP contribution in [-0.4, -0.2) is 49.0 Å². The molecule has 1 fully saturated rings. The van der Waals surface area contributed by atoms with Crippen molar-refractivity contribution in [2.45, 2.75) is 70.4 Å². The third-order valence-electron chi connectivity index (χ3n) is 10.4. The molecule has 0 N–H and O–H groups in total. The predicted molar refractivity (Wildman–Crippen MR) is 229 cm³/mol. The molecule has 310 valence electrons. The maximum atomic E-state index is 16.8. The van der Waals surface area contributed by atoms with E-state index in [-0.39, 0.29) is 36.9 Å². The fourth-order valence-corrected chi connectivity index (χ4v) is 7.42. The zero-order valence-corrected chi connectivity index (χ0v) is 33.8. The van der Waals surface area contributed by atoms with E-state index in [0.717, 1.165) is 28.3 Å². The molecule has 6 rings (SSSR count). The molecular formula is C51H50F2O7. The Morgan fingerprint density at radius 1 is 0.667 bits per heavy atom. The Hall–Kier alpha value is -6.35. The molecule has 7 nitrogen and oxygen atoms in total. The van der Waals surface area contributed by atoms with E-state index in [2.05, 4.69) is 0 Å². The molecule has 1 saturated carbocycles. The van der Waals surface area contributed by atoms with Crippen LogP contribution in [0.5, 0.6) is 5.75 Å². The molecule has 0 spiro atoms. The summed E-state index contributed by atoms with van der Waals surface area (Å²) in [5, 5.41) is 0. The summed E-state index contributed by atoms with van der Waals surface area (Å²) in [5.74, 6) is -3.81. The number of carbonyl (C=O) groups excluding carboxylic acids is 3. The van der Waals surface area contributed by atoms with Gasteiger partial charge in [-0.1, -0.05) is 115 Å². The molecule has 5 aromatic carbocycles. The van der Waals surface area contributed by atoms with Crippen LogP contribution in [0.4, 0.5) is 8.78 Å². The molecule has 9 heteroatoms. The van der Waals surface area contributed by atoms with E-state index in [0.29, 0.717) is 24.2 Å². The Kier molecular flexibility index (Phi) is 15.6. The van der Waals surface area contributed by atoms with Crippen LogP contribution >= 0.6 is 0 Å². The molecule has 1 aliphatic rings. The highest BCUT2D eigenvalue weighted by Crippen LogP contribution is 2.43. The number of ether oxygens (including phenoxy) is 4. The monoisotopic (exact) mass is 812 g/mol. The lowest BCUT2D eigenvalue weighted by Gasteiger charge is -2.27. The quantitative estimate of drug-likeness (QED) is 0.0377. The zero-order valence-electron chi connectivity index (χ0n) is 33.8. The van der Waals surface area contributed by atoms with Gasteiger partial charge in [0, 0.05) is 24.7 Å². The van der Waals surface area contributed by atoms with Gasteiger partial charge in [-0.2, -0.15) is 0 Å². The van der Waals surface area contributed by atoms with E-state index in [1.807, 2.05) is 97.1 Å². The van der Waals surface area contributed by atoms with Crippen molar-refractivity contribution in [1.29, 1.82) is 0 Å². The first kappa shape index (κ1) is 43.2. The van der Waals surface area contributed by atoms with Crippen molar-refractivity contribution in [2.75, 3.05) is 6.61 Å². The SMILES string of the molecule is CC(C)OC(=O)CCCC=CC[C@@H]1[C@@H](C(F)C=C(F)COc2ccccc2)[C@H](OC(=O)c2ccc(-c3ccccc3)cc2)C[C@@H]1OC(=O)c1ccc(-c2ccccc2)cc1. The lowest BCUT2D eigenvalue weighted by atomic mass is 9.86. The normalized spacial score (nSPS) is 18.2. The molecule has 0 radical (unpaired) electrons. The van der Waals surface area contributed by atoms with Gasteiger partial charge in [-0.3, -0.25) is 4.79 Å². The van der Waals surface area contributed by atoms with Gasteiger partial charge in [-0.25, -0.2) is 18.4 Å². The van der Waals surface area contributed by atoms with Gasteiger partial charge < -0.3 is 18.9 Å². The fourth-order valence-electron chi connectivity index (χ4n) is 7.42. The molecule has 0 bridgehead atoms. The number of para-hydroxylation sites is 1. The highest BCUT2D eigenvalue weighted by atomic mass is 19.1. The number of unbranched alkanes of at least 4 members (excludes halogenated alkanes) is 1. The van der Waals surface area contributed by atoms with E-state index >= 15 is 8.78 Å². The first-order chi connectivity index (χ1) is 29.1. The molecule has 0 heterocycles. The fraction of sp³-hybridized carbons (Fsp3) is 0.275. The topological polar surface area (TPSA) is 88.1 Å². The second-order valence-corrected chi connectivity index (χ2v) is 15.0. The van der Waals surface area contributed by atoms with Crippen LogP contribution < -0.4 is 4.74 Å². The zero-order chi connectivity index (χ0) is 42.3. The molecule has 0 amide bonds. The maximum absolute atomic E-state index is 16.8. The summed E-state index contributed by atoms with van der Waals surface area (Å²) in [6.07, 6.45) is 2.00. The minimum Gasteiger partial charge on any atom is -0.487 e. The Morgan fingerprint density at radius 3 is 1.70 bits per heavy atom. The van der Waals surface area contributed by atoms with Crippen LogP contribution in [0.1, 0.15) is 66.7 Å². The number of allylic oxidation sites excluding steroid dienone is 3. The second kappa shape index (κ2) is 21.6. The Morgan fingerprint density at radius 2 is 1.17 bits per heavy atom. The molecular weight excluding hydrogens is 763 g/mol. The van der Waals surface area contributed by atoms with Crippen molar-refractivity contribution < 1.29 is 42.1 Å². The van der Waals surface area contributed by atoms with Gasteiger partial charge in [-0.05, 0) is 97.8 Å². The summed E-state index contributed by atoms with van der Waals surface area (Å²) in [7, 11) is 0. The summed E-state index contributed by atoms with van der Waals surface area (Å²) in [5.41, 5.74) is 4.34. The number of hydrogen-bond acceptors (Lipinski definition) is 7. The van der Waals surface area contributed by atoms with Crippen molar-refractivity contribution >= 4 is 17.9 Å². The molecule has 5 aromatic rings. The third kappa shape index (κ3) is 12.3. The number of alkyl halides is 1. The van der Waals surface area contributed by atoms with Crippen LogP contribution in [0.15, 0.2) is 164 Å². The van der Waals surface area contributed by atoms with Gasteiger partial charge in [-0.15, -0.1) is 0 Å². The average molecular weight is 813 g/mol. The Bertz CT molecular complexity index is 2190. The Balaban J connectivity index is 1.25. The van der Waals surface area contributed by atoms with E-state index < -0.39 is 54.6 Å². The van der Waals surface area contributed by atoms with Crippen LogP contribution in [0.3, 0.4) is 0 Å². The number of hydrogen-bond donors (Lipinski definition) is 0. The molecule has 1 aliphatic carbocycles. The second-order valence-electron chi connectivity index (χ2n) is 15.0. The first-order valence-corrected chi connectivity index (χ1v) is 20.4. The molecule has 0 aromatic heterocycles. The van der Waals surface area contributed by atoms with Gasteiger partial charge >= 0.3 is 17.9 Å². The lowest BCUT2D eigenvalue weighted by Crippen LogP contribution is -2.33. The number of benzene rings is 5. The van der Waals surface area contributed by atoms with Gasteiger partial charge in [0.05, 0.1) is 17.2 Å². The van der Waals surface area contributed by atoms with Gasteiger partial charge in [0.2, 0.25) is 0 Å². The Labute approximate surface area is 350 Å². The molecule has 0 aliphatic heterocycles. The molecule has 0 saturated heterocycles. The van der Waals surface area contributed by atoms with Crippen molar-refractivity contribution in [3.8, 4) is 28.0 Å². The van der Waals surface area contributed by atoms with Crippen LogP contribution in [-0.2, 0) is 19.0 Å². The number of rotatable bonds is 18. The third-order valence-corrected chi connectivity index (χ3v) is 10.4. The maximum Gasteiger partial charge on any atom is 0.338 e. The highest BCUT2D eigenvalue weighted by Gasteiger charge is 2.50. The minimum atomic E-state index is -1.94. The van der Waals surface area contributed by atoms with E-state index in [9.17, 15) is 14.4 Å². The molecule has 60 heavy (non-hydrogen) atoms. The molecule has 5 atom stereocenters. The smallest absolute Gasteiger partial charge is 0.338 e. The van der Waals surface area contributed by atoms with Crippen LogP contribution in [0.2, 0.25) is 0 Å². The average Bonchev–Trinajstić information content (AvgIpc) is 3.60. The predicted octanol–water partition coefficient (Wildman–Crippen LogP) is 11.7. The van der Waals surface area contributed by atoms with Gasteiger partial charge in [0.1, 0.15) is 36.6 Å². The van der Waals surface area contributed by atoms with Crippen molar-refractivity contribution in [3.63, 3.8) is 0 Å². The lowest BCUT2D eigenvalue weighted by molar-refractivity contribution is -0.147. The highest BCUT2D eigenvalue weighted by molar-refractivity contribution is 5.91. The van der Waals surface area contributed by atoms with Crippen molar-refractivity contribution in [3.05, 3.63) is 175 Å². The minimum absolute atomic E-state index is 0.0116. The van der Waals surface area contributed by atoms with Crippen molar-refractivity contribution in [2.24, 2.45) is 11.8 Å². The standard InChI is InChI=1S/C51H50F2O7/c1-35(2)58-48(54)23-15-4-3-14-22-44-46(59-50(55)40-28-24-38(25-29-40)36-16-8-5-9-17-36)33-47(49(44)45(53)32-42(52)34-57-43-20-12-7-13-21-43)60-51(56)41-30-26-39(27-31-41)37-18-10-6-11-19-37/h3,5-14,16-21,24-32,35,44-47,49H,4,15,22-23,33-34H2,1-2H3/t44-,45?,46-,47+,49-/m0/s1. The van der Waals surface area contributed by atoms with E-state index in [1.165, 1.54) is 0 Å².